The first-order valence-corrected chi connectivity index (χ1v) is 5.53. The first-order chi connectivity index (χ1) is 8.47. The number of likely N-dealkylation sites (N-methyl/N-ethyl adjacent to an activating group) is 1. The van der Waals surface area contributed by atoms with Gasteiger partial charge in [0, 0.05) is 14.1 Å². The van der Waals surface area contributed by atoms with E-state index < -0.39 is 18.0 Å². The fourth-order valence-electron chi connectivity index (χ4n) is 1.50. The largest absolute Gasteiger partial charge is 0.480 e. The predicted molar refractivity (Wildman–Crippen MR) is 62.7 cm³/mol. The lowest BCUT2D eigenvalue weighted by molar-refractivity contribution is -0.141. The van der Waals surface area contributed by atoms with E-state index in [1.165, 1.54) is 18.3 Å². The summed E-state index contributed by atoms with van der Waals surface area (Å²) in [5.74, 6) is -0.422. The van der Waals surface area contributed by atoms with Crippen LogP contribution in [0.15, 0.2) is 6.33 Å². The monoisotopic (exact) mass is 255 g/mol. The van der Waals surface area contributed by atoms with Crippen molar-refractivity contribution in [1.82, 2.24) is 25.0 Å². The molecule has 0 bridgehead atoms. The Kier molecular flexibility index (Phi) is 4.64. The van der Waals surface area contributed by atoms with E-state index in [2.05, 4.69) is 15.5 Å². The maximum absolute atomic E-state index is 11.7. The number of carbonyl (C=O) groups is 2. The molecule has 2 N–H and O–H groups in total. The Morgan fingerprint density at radius 2 is 2.28 bits per heavy atom. The van der Waals surface area contributed by atoms with Gasteiger partial charge in [-0.1, -0.05) is 6.92 Å². The summed E-state index contributed by atoms with van der Waals surface area (Å²) in [6.07, 6.45) is 1.88. The summed E-state index contributed by atoms with van der Waals surface area (Å²) in [5, 5.41) is 19.0. The van der Waals surface area contributed by atoms with Crippen molar-refractivity contribution >= 4 is 12.0 Å². The molecule has 1 unspecified atom stereocenters. The smallest absolute Gasteiger partial charge is 0.326 e. The number of nitrogens with zero attached hydrogens (tertiary/aromatic N) is 4. The van der Waals surface area contributed by atoms with Crippen LogP contribution in [-0.4, -0.2) is 49.9 Å². The molecular formula is C10H17N5O3. The number of aromatic nitrogens is 3. The van der Waals surface area contributed by atoms with Crippen LogP contribution in [0.1, 0.15) is 19.2 Å². The number of rotatable bonds is 5. The summed E-state index contributed by atoms with van der Waals surface area (Å²) in [4.78, 5) is 23.8. The quantitative estimate of drug-likeness (QED) is 0.760. The van der Waals surface area contributed by atoms with Gasteiger partial charge in [-0.15, -0.1) is 10.2 Å². The van der Waals surface area contributed by atoms with E-state index >= 15 is 0 Å². The van der Waals surface area contributed by atoms with Crippen LogP contribution in [0.3, 0.4) is 0 Å². The summed E-state index contributed by atoms with van der Waals surface area (Å²) >= 11 is 0. The van der Waals surface area contributed by atoms with Crippen molar-refractivity contribution in [3.8, 4) is 0 Å². The molecule has 0 aliphatic heterocycles. The summed E-state index contributed by atoms with van der Waals surface area (Å²) in [6, 6.07) is -1.28. The topological polar surface area (TPSA) is 100 Å². The lowest BCUT2D eigenvalue weighted by Gasteiger charge is -2.23. The van der Waals surface area contributed by atoms with E-state index in [0.29, 0.717) is 12.2 Å². The van der Waals surface area contributed by atoms with Crippen molar-refractivity contribution in [2.24, 2.45) is 7.05 Å². The minimum atomic E-state index is -1.02. The first kappa shape index (κ1) is 13.9. The van der Waals surface area contributed by atoms with Crippen LogP contribution in [0.4, 0.5) is 4.79 Å². The van der Waals surface area contributed by atoms with Gasteiger partial charge in [0.1, 0.15) is 12.4 Å². The molecule has 1 aromatic heterocycles. The Morgan fingerprint density at radius 3 is 2.72 bits per heavy atom. The first-order valence-electron chi connectivity index (χ1n) is 5.53. The summed E-state index contributed by atoms with van der Waals surface area (Å²) in [6.45, 7) is 1.92. The SMILES string of the molecule is CCC(C(=O)O)N(C)C(=O)NCc1nncn1C. The number of nitrogens with one attached hydrogen (secondary N) is 1. The average molecular weight is 255 g/mol. The molecule has 1 atom stereocenters. The maximum atomic E-state index is 11.7. The number of hydrogen-bond donors (Lipinski definition) is 2. The van der Waals surface area contributed by atoms with Crippen LogP contribution in [0.5, 0.6) is 0 Å². The Morgan fingerprint density at radius 1 is 1.61 bits per heavy atom. The molecule has 8 nitrogen and oxygen atoms in total. The van der Waals surface area contributed by atoms with E-state index in [9.17, 15) is 9.59 Å². The van der Waals surface area contributed by atoms with E-state index in [-0.39, 0.29) is 6.54 Å². The Balaban J connectivity index is 2.55. The van der Waals surface area contributed by atoms with Gasteiger partial charge in [0.05, 0.1) is 6.54 Å². The minimum Gasteiger partial charge on any atom is -0.480 e. The number of amides is 2. The highest BCUT2D eigenvalue weighted by atomic mass is 16.4. The van der Waals surface area contributed by atoms with E-state index in [1.807, 2.05) is 0 Å². The number of aliphatic carboxylic acids is 1. The van der Waals surface area contributed by atoms with Gasteiger partial charge in [-0.25, -0.2) is 9.59 Å². The zero-order chi connectivity index (χ0) is 13.7. The zero-order valence-corrected chi connectivity index (χ0v) is 10.6. The Hall–Kier alpha value is -2.12. The standard InChI is InChI=1S/C10H17N5O3/c1-4-7(9(16)17)15(3)10(18)11-5-8-13-12-6-14(8)2/h6-7H,4-5H2,1-3H3,(H,11,18)(H,16,17). The highest BCUT2D eigenvalue weighted by Gasteiger charge is 2.24. The van der Waals surface area contributed by atoms with Crippen molar-refractivity contribution in [3.63, 3.8) is 0 Å². The molecule has 2 amide bonds. The van der Waals surface area contributed by atoms with Gasteiger partial charge in [-0.2, -0.15) is 0 Å². The van der Waals surface area contributed by atoms with Gasteiger partial charge in [-0.3, -0.25) is 0 Å². The number of carbonyl (C=O) groups excluding carboxylic acids is 1. The second kappa shape index (κ2) is 5.99. The van der Waals surface area contributed by atoms with Crippen LogP contribution >= 0.6 is 0 Å². The number of carboxylic acid groups (broad SMARTS) is 1. The molecule has 0 saturated heterocycles. The third-order valence-corrected chi connectivity index (χ3v) is 2.66. The molecule has 0 radical (unpaired) electrons. The van der Waals surface area contributed by atoms with Crippen LogP contribution in [0.2, 0.25) is 0 Å². The maximum Gasteiger partial charge on any atom is 0.326 e. The van der Waals surface area contributed by atoms with Crippen molar-refractivity contribution in [2.75, 3.05) is 7.05 Å². The number of urea groups is 1. The molecule has 1 heterocycles. The highest BCUT2D eigenvalue weighted by molar-refractivity contribution is 5.82. The molecule has 8 heteroatoms. The molecule has 0 spiro atoms. The van der Waals surface area contributed by atoms with E-state index in [0.717, 1.165) is 0 Å². The number of aryl methyl sites for hydroxylation is 1. The van der Waals surface area contributed by atoms with E-state index in [4.69, 9.17) is 5.11 Å². The zero-order valence-electron chi connectivity index (χ0n) is 10.6. The van der Waals surface area contributed by atoms with Gasteiger partial charge in [0.25, 0.3) is 0 Å². The molecule has 1 aromatic rings. The van der Waals surface area contributed by atoms with Crippen molar-refractivity contribution in [1.29, 1.82) is 0 Å². The molecule has 1 rings (SSSR count). The molecule has 0 aliphatic carbocycles. The van der Waals surface area contributed by atoms with Gasteiger partial charge < -0.3 is 19.9 Å². The molecule has 0 saturated carbocycles. The van der Waals surface area contributed by atoms with Gasteiger partial charge in [0.2, 0.25) is 0 Å². The summed E-state index contributed by atoms with van der Waals surface area (Å²) in [5.41, 5.74) is 0. The van der Waals surface area contributed by atoms with Crippen LogP contribution in [-0.2, 0) is 18.4 Å². The fraction of sp³-hybridized carbons (Fsp3) is 0.600. The number of carboxylic acids is 1. The van der Waals surface area contributed by atoms with Gasteiger partial charge >= 0.3 is 12.0 Å². The normalized spacial score (nSPS) is 11.9. The molecule has 0 aromatic carbocycles. The third kappa shape index (κ3) is 3.19. The van der Waals surface area contributed by atoms with Crippen LogP contribution in [0, 0.1) is 0 Å². The molecule has 100 valence electrons. The summed E-state index contributed by atoms with van der Waals surface area (Å²) in [7, 11) is 3.21. The highest BCUT2D eigenvalue weighted by Crippen LogP contribution is 2.02. The Labute approximate surface area is 105 Å². The lowest BCUT2D eigenvalue weighted by Crippen LogP contribution is -2.46. The third-order valence-electron chi connectivity index (χ3n) is 2.66. The fourth-order valence-corrected chi connectivity index (χ4v) is 1.50. The molecule has 18 heavy (non-hydrogen) atoms. The lowest BCUT2D eigenvalue weighted by atomic mass is 10.2. The average Bonchev–Trinajstić information content (AvgIpc) is 2.72. The molecule has 0 aliphatic rings. The van der Waals surface area contributed by atoms with Gasteiger partial charge in [-0.05, 0) is 6.42 Å². The predicted octanol–water partition coefficient (Wildman–Crippen LogP) is -0.180. The van der Waals surface area contributed by atoms with Crippen LogP contribution in [0.25, 0.3) is 0 Å². The van der Waals surface area contributed by atoms with Crippen molar-refractivity contribution in [2.45, 2.75) is 25.9 Å². The Bertz CT molecular complexity index is 431. The second-order valence-corrected chi connectivity index (χ2v) is 3.89. The number of hydrogen-bond acceptors (Lipinski definition) is 4. The second-order valence-electron chi connectivity index (χ2n) is 3.89. The van der Waals surface area contributed by atoms with Crippen molar-refractivity contribution < 1.29 is 14.7 Å². The van der Waals surface area contributed by atoms with Gasteiger partial charge in [0.15, 0.2) is 5.82 Å². The van der Waals surface area contributed by atoms with Crippen LogP contribution < -0.4 is 5.32 Å². The molecular weight excluding hydrogens is 238 g/mol. The summed E-state index contributed by atoms with van der Waals surface area (Å²) < 4.78 is 1.68. The minimum absolute atomic E-state index is 0.204. The molecule has 0 fully saturated rings. The van der Waals surface area contributed by atoms with E-state index in [1.54, 1.807) is 18.5 Å². The van der Waals surface area contributed by atoms with Crippen molar-refractivity contribution in [3.05, 3.63) is 12.2 Å².